The quantitative estimate of drug-likeness (QED) is 0.210. The molecule has 0 aliphatic heterocycles. The minimum atomic E-state index is -4.39. The van der Waals surface area contributed by atoms with Gasteiger partial charge < -0.3 is 4.98 Å². The van der Waals surface area contributed by atoms with Gasteiger partial charge in [0.25, 0.3) is 5.56 Å². The number of rotatable bonds is 9. The molecular weight excluding hydrogens is 501 g/mol. The highest BCUT2D eigenvalue weighted by Crippen LogP contribution is 2.37. The fraction of sp³-hybridized carbons (Fsp3) is 0.458. The van der Waals surface area contributed by atoms with Crippen molar-refractivity contribution in [2.24, 2.45) is 0 Å². The first kappa shape index (κ1) is 25.5. The molecule has 6 nitrogen and oxygen atoms in total. The largest absolute Gasteiger partial charge is 0.416 e. The molecule has 35 heavy (non-hydrogen) atoms. The molecular formula is C24H26ClF3N4O2S. The lowest BCUT2D eigenvalue weighted by Gasteiger charge is -2.11. The maximum Gasteiger partial charge on any atom is 0.416 e. The van der Waals surface area contributed by atoms with E-state index in [1.54, 1.807) is 0 Å². The molecule has 0 saturated heterocycles. The number of aryl methyl sites for hydroxylation is 3. The molecule has 4 aromatic rings. The van der Waals surface area contributed by atoms with Gasteiger partial charge >= 0.3 is 11.9 Å². The predicted octanol–water partition coefficient (Wildman–Crippen LogP) is 6.16. The van der Waals surface area contributed by atoms with Crippen molar-refractivity contribution in [3.8, 4) is 0 Å². The smallest absolute Gasteiger partial charge is 0.323 e. The molecule has 188 valence electrons. The summed E-state index contributed by atoms with van der Waals surface area (Å²) in [6.07, 6.45) is 0.0262. The van der Waals surface area contributed by atoms with Crippen LogP contribution in [0.2, 0.25) is 5.28 Å². The van der Waals surface area contributed by atoms with Crippen LogP contribution in [0.4, 0.5) is 13.2 Å². The molecule has 3 heterocycles. The van der Waals surface area contributed by atoms with Crippen molar-refractivity contribution < 1.29 is 13.2 Å². The fourth-order valence-electron chi connectivity index (χ4n) is 4.42. The monoisotopic (exact) mass is 526 g/mol. The molecule has 0 amide bonds. The van der Waals surface area contributed by atoms with Crippen LogP contribution >= 0.6 is 22.9 Å². The molecule has 3 aromatic heterocycles. The number of unbranched alkanes of at least 4 members (excludes halogenated alkanes) is 2. The first-order valence-corrected chi connectivity index (χ1v) is 12.9. The third kappa shape index (κ3) is 5.04. The Hall–Kier alpha value is -2.59. The molecule has 0 atom stereocenters. The molecule has 0 radical (unpaired) electrons. The van der Waals surface area contributed by atoms with Crippen LogP contribution in [-0.2, 0) is 32.1 Å². The minimum absolute atomic E-state index is 0.0505. The van der Waals surface area contributed by atoms with Crippen LogP contribution in [0.25, 0.3) is 21.3 Å². The van der Waals surface area contributed by atoms with Crippen molar-refractivity contribution >= 4 is 44.2 Å². The maximum absolute atomic E-state index is 13.2. The Morgan fingerprint density at radius 3 is 2.51 bits per heavy atom. The summed E-state index contributed by atoms with van der Waals surface area (Å²) >= 11 is 7.33. The third-order valence-electron chi connectivity index (χ3n) is 6.16. The standard InChI is InChI=1S/C24H26ClF3N4O2S/c1-3-5-6-11-31-20-19(29-22(25)30-20)21(33)32(23(31)34)12-7-8-17-15(4-2)16-10-9-14(24(26,27)28)13-18(16)35-17/h9-10,13H,3-8,11-12H2,1-2H3,(H,29,30). The van der Waals surface area contributed by atoms with E-state index in [2.05, 4.69) is 16.9 Å². The Bertz CT molecular complexity index is 1480. The van der Waals surface area contributed by atoms with Gasteiger partial charge in [-0.15, -0.1) is 11.3 Å². The summed E-state index contributed by atoms with van der Waals surface area (Å²) in [5.41, 5.74) is -0.0971. The molecule has 0 saturated carbocycles. The number of benzene rings is 1. The van der Waals surface area contributed by atoms with Gasteiger partial charge in [0.2, 0.25) is 5.28 Å². The zero-order valence-corrected chi connectivity index (χ0v) is 21.0. The third-order valence-corrected chi connectivity index (χ3v) is 7.59. The number of thiophene rings is 1. The summed E-state index contributed by atoms with van der Waals surface area (Å²) in [7, 11) is 0. The van der Waals surface area contributed by atoms with E-state index >= 15 is 0 Å². The van der Waals surface area contributed by atoms with E-state index in [0.717, 1.165) is 41.2 Å². The van der Waals surface area contributed by atoms with Crippen molar-refractivity contribution in [3.63, 3.8) is 0 Å². The van der Waals surface area contributed by atoms with Crippen molar-refractivity contribution in [1.82, 2.24) is 19.1 Å². The normalized spacial score (nSPS) is 12.3. The first-order valence-electron chi connectivity index (χ1n) is 11.7. The van der Waals surface area contributed by atoms with E-state index in [1.807, 2.05) is 6.92 Å². The molecule has 1 N–H and O–H groups in total. The second kappa shape index (κ2) is 10.2. The molecule has 11 heteroatoms. The van der Waals surface area contributed by atoms with Crippen LogP contribution in [0.15, 0.2) is 27.8 Å². The Labute approximate surface area is 208 Å². The van der Waals surface area contributed by atoms with E-state index < -0.39 is 23.0 Å². The number of hydrogen-bond acceptors (Lipinski definition) is 4. The number of aromatic amines is 1. The predicted molar refractivity (Wildman–Crippen MR) is 134 cm³/mol. The van der Waals surface area contributed by atoms with Crippen LogP contribution in [0.3, 0.4) is 0 Å². The number of imidazole rings is 1. The second-order valence-corrected chi connectivity index (χ2v) is 9.99. The summed E-state index contributed by atoms with van der Waals surface area (Å²) in [6.45, 7) is 4.65. The lowest BCUT2D eigenvalue weighted by molar-refractivity contribution is -0.137. The number of alkyl halides is 3. The highest BCUT2D eigenvalue weighted by molar-refractivity contribution is 7.19. The molecule has 4 rings (SSSR count). The van der Waals surface area contributed by atoms with Crippen LogP contribution in [0.5, 0.6) is 0 Å². The molecule has 0 fully saturated rings. The van der Waals surface area contributed by atoms with Gasteiger partial charge in [0.1, 0.15) is 0 Å². The van der Waals surface area contributed by atoms with E-state index in [1.165, 1.54) is 32.6 Å². The highest BCUT2D eigenvalue weighted by atomic mass is 35.5. The molecule has 1 aromatic carbocycles. The van der Waals surface area contributed by atoms with Crippen LogP contribution in [-0.4, -0.2) is 19.1 Å². The lowest BCUT2D eigenvalue weighted by Crippen LogP contribution is -2.40. The van der Waals surface area contributed by atoms with E-state index in [0.29, 0.717) is 30.5 Å². The number of nitrogens with one attached hydrogen (secondary N) is 1. The average Bonchev–Trinajstić information content (AvgIpc) is 3.37. The van der Waals surface area contributed by atoms with E-state index in [9.17, 15) is 22.8 Å². The van der Waals surface area contributed by atoms with E-state index in [-0.39, 0.29) is 23.0 Å². The van der Waals surface area contributed by atoms with Crippen molar-refractivity contribution in [2.75, 3.05) is 0 Å². The molecule has 0 unspecified atom stereocenters. The topological polar surface area (TPSA) is 72.7 Å². The number of nitrogens with zero attached hydrogens (tertiary/aromatic N) is 3. The number of fused-ring (bicyclic) bond motifs is 2. The second-order valence-electron chi connectivity index (χ2n) is 8.49. The Kier molecular flexibility index (Phi) is 7.42. The molecule has 0 aliphatic carbocycles. The van der Waals surface area contributed by atoms with Gasteiger partial charge in [0.05, 0.1) is 5.56 Å². The summed E-state index contributed by atoms with van der Waals surface area (Å²) in [4.78, 5) is 34.0. The zero-order valence-electron chi connectivity index (χ0n) is 19.5. The summed E-state index contributed by atoms with van der Waals surface area (Å²) in [6, 6.07) is 3.84. The van der Waals surface area contributed by atoms with Gasteiger partial charge in [0.15, 0.2) is 11.2 Å². The zero-order chi connectivity index (χ0) is 25.3. The molecule has 0 bridgehead atoms. The molecule has 0 spiro atoms. The number of halogens is 4. The van der Waals surface area contributed by atoms with Crippen molar-refractivity contribution in [2.45, 2.75) is 71.6 Å². The van der Waals surface area contributed by atoms with Crippen LogP contribution in [0, 0.1) is 0 Å². The highest BCUT2D eigenvalue weighted by Gasteiger charge is 2.31. The van der Waals surface area contributed by atoms with Crippen molar-refractivity contribution in [3.05, 3.63) is 60.3 Å². The van der Waals surface area contributed by atoms with Crippen LogP contribution in [0.1, 0.15) is 55.5 Å². The number of hydrogen-bond donors (Lipinski definition) is 1. The SMILES string of the molecule is CCCCCn1c(=O)n(CCCc2sc3cc(C(F)(F)F)ccc3c2CC)c(=O)c2[nH]c(Cl)nc21. The van der Waals surface area contributed by atoms with Crippen molar-refractivity contribution in [1.29, 1.82) is 0 Å². The van der Waals surface area contributed by atoms with Gasteiger partial charge in [-0.2, -0.15) is 18.2 Å². The summed E-state index contributed by atoms with van der Waals surface area (Å²) < 4.78 is 42.7. The lowest BCUT2D eigenvalue weighted by atomic mass is 10.0. The number of H-pyrrole nitrogens is 1. The fourth-order valence-corrected chi connectivity index (χ4v) is 5.97. The first-order chi connectivity index (χ1) is 16.7. The van der Waals surface area contributed by atoms with Crippen LogP contribution < -0.4 is 11.2 Å². The Balaban J connectivity index is 1.62. The van der Waals surface area contributed by atoms with Gasteiger partial charge in [0, 0.05) is 22.7 Å². The summed E-state index contributed by atoms with van der Waals surface area (Å²) in [5.74, 6) is 0. The Morgan fingerprint density at radius 1 is 1.09 bits per heavy atom. The van der Waals surface area contributed by atoms with Gasteiger partial charge in [-0.3, -0.25) is 13.9 Å². The minimum Gasteiger partial charge on any atom is -0.323 e. The Morgan fingerprint density at radius 2 is 1.83 bits per heavy atom. The average molecular weight is 527 g/mol. The van der Waals surface area contributed by atoms with E-state index in [4.69, 9.17) is 11.6 Å². The maximum atomic E-state index is 13.2. The van der Waals surface area contributed by atoms with Gasteiger partial charge in [-0.1, -0.05) is 32.8 Å². The van der Waals surface area contributed by atoms with Gasteiger partial charge in [-0.05, 0) is 60.4 Å². The van der Waals surface area contributed by atoms with Gasteiger partial charge in [-0.25, -0.2) is 4.79 Å². The molecule has 0 aliphatic rings. The number of aromatic nitrogens is 4. The summed E-state index contributed by atoms with van der Waals surface area (Å²) in [5, 5.41) is 0.874.